The summed E-state index contributed by atoms with van der Waals surface area (Å²) in [5.74, 6) is -2.50. The summed E-state index contributed by atoms with van der Waals surface area (Å²) < 4.78 is 33.5. The van der Waals surface area contributed by atoms with E-state index in [-0.39, 0.29) is 42.8 Å². The number of hydrogen-bond donors (Lipinski definition) is 1. The number of carbonyl (C=O) groups is 3. The van der Waals surface area contributed by atoms with Crippen LogP contribution in [-0.4, -0.2) is 30.4 Å². The second-order valence-electron chi connectivity index (χ2n) is 5.64. The third-order valence-electron chi connectivity index (χ3n) is 4.04. The zero-order valence-corrected chi connectivity index (χ0v) is 12.6. The Morgan fingerprint density at radius 2 is 1.88 bits per heavy atom. The molecule has 1 aromatic rings. The van der Waals surface area contributed by atoms with Gasteiger partial charge in [-0.1, -0.05) is 6.08 Å². The highest BCUT2D eigenvalue weighted by atomic mass is 19.1. The Labute approximate surface area is 135 Å². The fraction of sp³-hybridized carbons (Fsp3) is 0.312. The van der Waals surface area contributed by atoms with Gasteiger partial charge in [-0.15, -0.1) is 0 Å². The third kappa shape index (κ3) is 2.86. The smallest absolute Gasteiger partial charge is 0.415 e. The van der Waals surface area contributed by atoms with Crippen molar-refractivity contribution in [1.82, 2.24) is 0 Å². The Hall–Kier alpha value is -2.77. The number of ketones is 1. The molecule has 1 aliphatic carbocycles. The van der Waals surface area contributed by atoms with E-state index in [0.29, 0.717) is 5.57 Å². The van der Waals surface area contributed by atoms with E-state index in [1.807, 2.05) is 0 Å². The fourth-order valence-electron chi connectivity index (χ4n) is 2.79. The number of cyclic esters (lactones) is 1. The highest BCUT2D eigenvalue weighted by Crippen LogP contribution is 2.33. The normalized spacial score (nSPS) is 20.8. The minimum atomic E-state index is -1.16. The molecule has 1 aromatic carbocycles. The first-order valence-corrected chi connectivity index (χ1v) is 7.34. The van der Waals surface area contributed by atoms with E-state index >= 15 is 0 Å². The monoisotopic (exact) mass is 336 g/mol. The molecule has 3 rings (SSSR count). The molecular weight excluding hydrogens is 322 g/mol. The summed E-state index contributed by atoms with van der Waals surface area (Å²) in [5.41, 5.74) is 5.23. The molecule has 6 nitrogen and oxygen atoms in total. The van der Waals surface area contributed by atoms with Crippen LogP contribution in [0.25, 0.3) is 5.57 Å². The summed E-state index contributed by atoms with van der Waals surface area (Å²) in [6.45, 7) is -0.205. The van der Waals surface area contributed by atoms with Crippen molar-refractivity contribution in [2.75, 3.05) is 11.4 Å². The van der Waals surface area contributed by atoms with E-state index in [1.54, 1.807) is 0 Å². The van der Waals surface area contributed by atoms with Crippen molar-refractivity contribution in [2.45, 2.75) is 25.4 Å². The molecule has 0 aromatic heterocycles. The first-order chi connectivity index (χ1) is 11.4. The molecule has 1 fully saturated rings. The van der Waals surface area contributed by atoms with E-state index in [0.717, 1.165) is 17.0 Å². The summed E-state index contributed by atoms with van der Waals surface area (Å²) in [4.78, 5) is 35.0. The van der Waals surface area contributed by atoms with E-state index in [1.165, 1.54) is 6.08 Å². The van der Waals surface area contributed by atoms with Gasteiger partial charge in [-0.25, -0.2) is 13.6 Å². The molecule has 2 N–H and O–H groups in total. The van der Waals surface area contributed by atoms with Crippen molar-refractivity contribution in [3.8, 4) is 0 Å². The van der Waals surface area contributed by atoms with Gasteiger partial charge in [0.25, 0.3) is 5.91 Å². The molecule has 1 atom stereocenters. The predicted molar refractivity (Wildman–Crippen MR) is 80.0 cm³/mol. The molecule has 126 valence electrons. The van der Waals surface area contributed by atoms with Crippen molar-refractivity contribution in [1.29, 1.82) is 0 Å². The van der Waals surface area contributed by atoms with Crippen LogP contribution >= 0.6 is 0 Å². The van der Waals surface area contributed by atoms with Crippen molar-refractivity contribution in [3.63, 3.8) is 0 Å². The van der Waals surface area contributed by atoms with Gasteiger partial charge in [-0.2, -0.15) is 0 Å². The molecule has 24 heavy (non-hydrogen) atoms. The van der Waals surface area contributed by atoms with Crippen LogP contribution in [0.1, 0.15) is 24.8 Å². The number of Topliss-reactive ketones (excluding diaryl/α,β-unsaturated/α-hetero) is 1. The quantitative estimate of drug-likeness (QED) is 0.913. The predicted octanol–water partition coefficient (Wildman–Crippen LogP) is 1.91. The van der Waals surface area contributed by atoms with Crippen molar-refractivity contribution >= 4 is 29.0 Å². The minimum absolute atomic E-state index is 0.0218. The molecule has 1 heterocycles. The van der Waals surface area contributed by atoms with E-state index in [4.69, 9.17) is 10.5 Å². The summed E-state index contributed by atoms with van der Waals surface area (Å²) >= 11 is 0. The lowest BCUT2D eigenvalue weighted by Crippen LogP contribution is -2.32. The van der Waals surface area contributed by atoms with Crippen molar-refractivity contribution in [2.24, 2.45) is 5.73 Å². The molecule has 0 spiro atoms. The maximum absolute atomic E-state index is 14.4. The second kappa shape index (κ2) is 6.03. The van der Waals surface area contributed by atoms with Crippen LogP contribution in [0.2, 0.25) is 0 Å². The number of nitrogens with two attached hydrogens (primary N) is 1. The zero-order chi connectivity index (χ0) is 17.4. The number of anilines is 1. The Morgan fingerprint density at radius 1 is 1.21 bits per heavy atom. The number of benzene rings is 1. The lowest BCUT2D eigenvalue weighted by atomic mass is 9.92. The lowest BCUT2D eigenvalue weighted by Gasteiger charge is -2.17. The largest absolute Gasteiger partial charge is 0.434 e. The number of halogens is 2. The zero-order valence-electron chi connectivity index (χ0n) is 12.6. The van der Waals surface area contributed by atoms with Crippen molar-refractivity contribution in [3.05, 3.63) is 35.4 Å². The van der Waals surface area contributed by atoms with Gasteiger partial charge in [0.15, 0.2) is 6.10 Å². The number of nitrogens with zero attached hydrogens (tertiary/aromatic N) is 1. The molecule has 0 unspecified atom stereocenters. The molecule has 2 aliphatic rings. The van der Waals surface area contributed by atoms with Gasteiger partial charge < -0.3 is 10.5 Å². The molecule has 8 heteroatoms. The Bertz CT molecular complexity index is 752. The number of rotatable bonds is 3. The van der Waals surface area contributed by atoms with Crippen molar-refractivity contribution < 1.29 is 27.9 Å². The first kappa shape index (κ1) is 16.1. The van der Waals surface area contributed by atoms with Crippen LogP contribution in [-0.2, 0) is 14.3 Å². The van der Waals surface area contributed by atoms with Gasteiger partial charge >= 0.3 is 6.09 Å². The summed E-state index contributed by atoms with van der Waals surface area (Å²) in [6.07, 6.45) is 0.116. The Balaban J connectivity index is 1.92. The van der Waals surface area contributed by atoms with Gasteiger partial charge in [0.05, 0.1) is 12.2 Å². The Kier molecular flexibility index (Phi) is 4.04. The third-order valence-corrected chi connectivity index (χ3v) is 4.04. The number of carbonyl (C=O) groups excluding carboxylic acids is 3. The van der Waals surface area contributed by atoms with Crippen LogP contribution in [0.15, 0.2) is 18.2 Å². The topological polar surface area (TPSA) is 89.7 Å². The molecular formula is C16H14F2N2O4. The molecule has 1 aliphatic heterocycles. The molecule has 1 saturated heterocycles. The highest BCUT2D eigenvalue weighted by molar-refractivity contribution is 5.95. The second-order valence-corrected chi connectivity index (χ2v) is 5.64. The number of amides is 2. The molecule has 2 amide bonds. The van der Waals surface area contributed by atoms with E-state index in [9.17, 15) is 23.2 Å². The molecule has 0 saturated carbocycles. The average molecular weight is 336 g/mol. The van der Waals surface area contributed by atoms with Gasteiger partial charge in [0.1, 0.15) is 17.4 Å². The van der Waals surface area contributed by atoms with Crippen LogP contribution < -0.4 is 10.6 Å². The van der Waals surface area contributed by atoms with E-state index in [2.05, 4.69) is 0 Å². The minimum Gasteiger partial charge on any atom is -0.434 e. The number of allylic oxidation sites excluding steroid dienone is 2. The molecule has 0 radical (unpaired) electrons. The van der Waals surface area contributed by atoms with Gasteiger partial charge in [-0.3, -0.25) is 14.5 Å². The van der Waals surface area contributed by atoms with Crippen LogP contribution in [0, 0.1) is 11.6 Å². The molecule has 0 bridgehead atoms. The maximum atomic E-state index is 14.4. The van der Waals surface area contributed by atoms with Crippen LogP contribution in [0.3, 0.4) is 0 Å². The standard InChI is InChI=1S/C16H14F2N2O4/c17-11-5-9(20-7-13(15(19)22)24-16(20)23)6-12(18)14(11)8-1-3-10(21)4-2-8/h1,5-6,13H,2-4,7H2,(H2,19,22)/t13-/m1/s1. The lowest BCUT2D eigenvalue weighted by molar-refractivity contribution is -0.124. The van der Waals surface area contributed by atoms with Gasteiger partial charge in [0.2, 0.25) is 0 Å². The number of primary amides is 1. The number of hydrogen-bond acceptors (Lipinski definition) is 4. The summed E-state index contributed by atoms with van der Waals surface area (Å²) in [7, 11) is 0. The highest BCUT2D eigenvalue weighted by Gasteiger charge is 2.36. The summed E-state index contributed by atoms with van der Waals surface area (Å²) in [5, 5.41) is 0. The first-order valence-electron chi connectivity index (χ1n) is 7.34. The SMILES string of the molecule is NC(=O)[C@H]1CN(c2cc(F)c(C3=CCC(=O)CC3)c(F)c2)C(=O)O1. The van der Waals surface area contributed by atoms with Gasteiger partial charge in [0, 0.05) is 18.4 Å². The van der Waals surface area contributed by atoms with Gasteiger partial charge in [-0.05, 0) is 24.1 Å². The fourth-order valence-corrected chi connectivity index (χ4v) is 2.79. The van der Waals surface area contributed by atoms with Crippen LogP contribution in [0.5, 0.6) is 0 Å². The van der Waals surface area contributed by atoms with E-state index < -0.39 is 29.7 Å². The summed E-state index contributed by atoms with van der Waals surface area (Å²) in [6, 6.07) is 2.00. The Morgan fingerprint density at radius 3 is 2.38 bits per heavy atom. The number of ether oxygens (including phenoxy) is 1. The maximum Gasteiger partial charge on any atom is 0.415 e. The average Bonchev–Trinajstić information content (AvgIpc) is 2.90. The van der Waals surface area contributed by atoms with Crippen LogP contribution in [0.4, 0.5) is 19.3 Å².